The Kier molecular flexibility index (Phi) is 34.6. The van der Waals surface area contributed by atoms with Crippen LogP contribution in [-0.4, -0.2) is 256 Å². The molecule has 0 bridgehead atoms. The van der Waals surface area contributed by atoms with Crippen molar-refractivity contribution in [3.05, 3.63) is 11.9 Å². The van der Waals surface area contributed by atoms with Crippen LogP contribution in [0.1, 0.15) is 122 Å². The van der Waals surface area contributed by atoms with E-state index < -0.39 is 147 Å². The fourth-order valence-corrected chi connectivity index (χ4v) is 11.4. The summed E-state index contributed by atoms with van der Waals surface area (Å²) in [6, 6.07) is -5.63. The van der Waals surface area contributed by atoms with Crippen molar-refractivity contribution in [1.82, 2.24) is 20.3 Å². The smallest absolute Gasteiger partial charge is 0.220 e. The fourth-order valence-electron chi connectivity index (χ4n) is 11.4. The lowest BCUT2D eigenvalue weighted by atomic mass is 9.83. The van der Waals surface area contributed by atoms with E-state index in [-0.39, 0.29) is 63.8 Å². The quantitative estimate of drug-likeness (QED) is 0.0164. The third-order valence-corrected chi connectivity index (χ3v) is 16.1. The van der Waals surface area contributed by atoms with Crippen LogP contribution in [0.25, 0.3) is 0 Å². The van der Waals surface area contributed by atoms with Gasteiger partial charge in [0.05, 0.1) is 77.6 Å². The fraction of sp³-hybridized carbons (Fsp3) is 0.839. The van der Waals surface area contributed by atoms with E-state index in [1.54, 1.807) is 0 Å². The average molecular weight is 1350 g/mol. The number of nitrogens with two attached hydrogens (primary N) is 12. The Bertz CT molecular complexity index is 2520. The lowest BCUT2D eigenvalue weighted by Crippen LogP contribution is -2.64. The third-order valence-electron chi connectivity index (χ3n) is 16.1. The number of guanidine groups is 6. The summed E-state index contributed by atoms with van der Waals surface area (Å²) in [4.78, 5) is 36.8. The monoisotopic (exact) mass is 1340 g/mol. The van der Waals surface area contributed by atoms with Crippen LogP contribution in [0.5, 0.6) is 0 Å². The summed E-state index contributed by atoms with van der Waals surface area (Å²) in [6.45, 7) is 2.94. The maximum Gasteiger partial charge on any atom is 0.220 e. The van der Waals surface area contributed by atoms with Crippen LogP contribution in [-0.2, 0) is 60.6 Å². The Balaban J connectivity index is 1.22. The van der Waals surface area contributed by atoms with E-state index in [2.05, 4.69) is 52.5 Å². The molecule has 94 heavy (non-hydrogen) atoms. The van der Waals surface area contributed by atoms with Gasteiger partial charge in [0.2, 0.25) is 5.91 Å². The van der Waals surface area contributed by atoms with Crippen LogP contribution in [0.4, 0.5) is 0 Å². The van der Waals surface area contributed by atoms with Crippen molar-refractivity contribution in [2.24, 2.45) is 98.8 Å². The molecule has 1 aromatic rings. The van der Waals surface area contributed by atoms with E-state index in [1.807, 2.05) is 0 Å². The Hall–Kier alpha value is -6.37. The maximum absolute atomic E-state index is 12.4. The summed E-state index contributed by atoms with van der Waals surface area (Å²) in [5.41, 5.74) is 69.3. The molecule has 31 N–H and O–H groups in total. The first-order valence-corrected chi connectivity index (χ1v) is 32.3. The van der Waals surface area contributed by atoms with Gasteiger partial charge in [-0.3, -0.25) is 14.8 Å². The predicted molar refractivity (Wildman–Crippen MR) is 345 cm³/mol. The third kappa shape index (κ3) is 26.7. The SMILES string of the molecule is CCCCCCCCCCCCCCCCCC(=O)NCCOCCOCCOCc1cn(C[C@H]2O[C@@H](O[C@@H]3[C@@H](O)[C@H](N=C(N)N)C[C@H](N=C(N)N)[C@H]3O[C@H]3O[C@H](CN=C(N)N)[C@@H](O)[C@H](O)[C@H]3N=C(N)N)[C@H](O)[C@@H]2O[C@@H]2O[C@@H](CN=C(N)N)[C@H](O)[C@@H](O)[C@@H]2N=C(N)N)nn1. The second-order valence-electron chi connectivity index (χ2n) is 23.7. The summed E-state index contributed by atoms with van der Waals surface area (Å²) in [5, 5.41) is 81.0. The number of nitrogens with one attached hydrogen (secondary N) is 1. The van der Waals surface area contributed by atoms with Crippen LogP contribution in [0, 0.1) is 0 Å². The Morgan fingerprint density at radius 3 is 1.46 bits per heavy atom. The molecule has 1 aliphatic carbocycles. The molecule has 1 aromatic heterocycles. The van der Waals surface area contributed by atoms with Crippen molar-refractivity contribution in [3.8, 4) is 0 Å². The van der Waals surface area contributed by atoms with Gasteiger partial charge in [-0.1, -0.05) is 102 Å². The van der Waals surface area contributed by atoms with Crippen LogP contribution < -0.4 is 74.1 Å². The van der Waals surface area contributed by atoms with Crippen LogP contribution in [0.15, 0.2) is 36.2 Å². The maximum atomic E-state index is 12.4. The van der Waals surface area contributed by atoms with Crippen LogP contribution in [0.3, 0.4) is 0 Å². The number of hydrogen-bond acceptors (Lipinski definition) is 24. The Labute approximate surface area is 547 Å². The molecule has 1 amide bonds. The second kappa shape index (κ2) is 41.6. The number of rotatable bonds is 43. The molecule has 0 aromatic carbocycles. The standard InChI is InChI=1S/C56H108N22O16/c1-2-3-4-5-6-7-8-9-10-11-12-13-14-15-16-17-36(79)69-18-19-86-20-21-87-22-23-88-29-30-27-78(77-76-30)28-35-46(93-49-38(75-56(67)68)43(84)41(82)34(90-49)26-71-52(59)60)44(85)50(91-35)94-47-39(80)31(72-53(61)62)24-32(73-54(63)64)45(47)92-48-37(74-55(65)66)42(83)40(81)33(89-48)25-70-51(57)58/h27,31-35,37-50,80-85H,2-26,28-29H2,1H3,(H,69,79)(H4,57,58,70)(H4,59,60,71)(H4,61,62,72)(H4,63,64,73)(H4,65,66,74)(H4,67,68,75)/t31-,32+,33-,34+,35-,37-,38+,39+,40-,41+,42-,43+,44-,45-,46-,47-,48-,49+,50+/m1/s1. The molecule has 38 nitrogen and oxygen atoms in total. The molecule has 538 valence electrons. The van der Waals surface area contributed by atoms with E-state index in [1.165, 1.54) is 87.9 Å². The van der Waals surface area contributed by atoms with Crippen molar-refractivity contribution in [3.63, 3.8) is 0 Å². The lowest BCUT2D eigenvalue weighted by molar-refractivity contribution is -0.306. The first kappa shape index (κ1) is 78.3. The molecule has 0 radical (unpaired) electrons. The lowest BCUT2D eigenvalue weighted by Gasteiger charge is -2.47. The van der Waals surface area contributed by atoms with Gasteiger partial charge in [0.25, 0.3) is 0 Å². The van der Waals surface area contributed by atoms with Crippen molar-refractivity contribution >= 4 is 41.7 Å². The van der Waals surface area contributed by atoms with E-state index in [9.17, 15) is 35.4 Å². The topological polar surface area (TPSA) is 651 Å². The number of hydrogen-bond donors (Lipinski definition) is 19. The molecule has 19 atom stereocenters. The highest BCUT2D eigenvalue weighted by atomic mass is 16.8. The normalized spacial score (nSPS) is 30.0. The van der Waals surface area contributed by atoms with Crippen LogP contribution >= 0.6 is 0 Å². The number of aliphatic hydroxyl groups is 6. The largest absolute Gasteiger partial charge is 0.388 e. The van der Waals surface area contributed by atoms with Gasteiger partial charge in [-0.2, -0.15) is 0 Å². The molecule has 3 saturated heterocycles. The minimum Gasteiger partial charge on any atom is -0.388 e. The molecule has 4 fully saturated rings. The van der Waals surface area contributed by atoms with Crippen molar-refractivity contribution in [1.29, 1.82) is 0 Å². The highest BCUT2D eigenvalue weighted by Gasteiger charge is 2.56. The molecule has 0 unspecified atom stereocenters. The van der Waals surface area contributed by atoms with Gasteiger partial charge in [0.1, 0.15) is 91.0 Å². The zero-order valence-corrected chi connectivity index (χ0v) is 53.9. The number of carbonyl (C=O) groups excluding carboxylic acids is 1. The highest BCUT2D eigenvalue weighted by molar-refractivity contribution is 5.78. The minimum atomic E-state index is -1.90. The summed E-state index contributed by atoms with van der Waals surface area (Å²) in [7, 11) is 0. The van der Waals surface area contributed by atoms with Gasteiger partial charge in [0.15, 0.2) is 54.6 Å². The molecular formula is C56H108N22O16. The summed E-state index contributed by atoms with van der Waals surface area (Å²) < 4.78 is 56.5. The number of amides is 1. The molecular weight excluding hydrogens is 1240 g/mol. The minimum absolute atomic E-state index is 0.0130. The van der Waals surface area contributed by atoms with Gasteiger partial charge < -0.3 is 147 Å². The first-order chi connectivity index (χ1) is 45.0. The van der Waals surface area contributed by atoms with Gasteiger partial charge in [-0.25, -0.2) is 24.7 Å². The Morgan fingerprint density at radius 2 is 0.957 bits per heavy atom. The predicted octanol–water partition coefficient (Wildman–Crippen LogP) is -6.78. The number of unbranched alkanes of at least 4 members (excludes halogenated alkanes) is 14. The van der Waals surface area contributed by atoms with Crippen molar-refractivity contribution in [2.75, 3.05) is 52.7 Å². The molecule has 38 heteroatoms. The molecule has 3 aliphatic heterocycles. The number of aliphatic hydroxyl groups excluding tert-OH is 6. The first-order valence-electron chi connectivity index (χ1n) is 32.3. The van der Waals surface area contributed by atoms with E-state index in [0.717, 1.165) is 19.3 Å². The van der Waals surface area contributed by atoms with Gasteiger partial charge in [-0.05, 0) is 12.8 Å². The summed E-state index contributed by atoms with van der Waals surface area (Å²) in [6.07, 6.45) is -3.97. The molecule has 5 rings (SSSR count). The second-order valence-corrected chi connectivity index (χ2v) is 23.7. The molecule has 0 spiro atoms. The number of aliphatic imine (C=N–C) groups is 6. The summed E-state index contributed by atoms with van der Waals surface area (Å²) >= 11 is 0. The van der Waals surface area contributed by atoms with Crippen LogP contribution in [0.2, 0.25) is 0 Å². The number of ether oxygens (including phenoxy) is 9. The van der Waals surface area contributed by atoms with Crippen molar-refractivity contribution < 1.29 is 78.1 Å². The van der Waals surface area contributed by atoms with Gasteiger partial charge >= 0.3 is 0 Å². The number of carbonyl (C=O) groups is 1. The highest BCUT2D eigenvalue weighted by Crippen LogP contribution is 2.38. The number of aromatic nitrogens is 3. The molecule has 4 aliphatic rings. The van der Waals surface area contributed by atoms with Gasteiger partial charge in [-0.15, -0.1) is 5.10 Å². The molecule has 4 heterocycles. The van der Waals surface area contributed by atoms with E-state index in [0.29, 0.717) is 31.9 Å². The summed E-state index contributed by atoms with van der Waals surface area (Å²) in [5.74, 6) is -2.77. The average Bonchev–Trinajstić information content (AvgIpc) is 1.30. The van der Waals surface area contributed by atoms with E-state index >= 15 is 0 Å². The molecule has 1 saturated carbocycles. The van der Waals surface area contributed by atoms with E-state index in [4.69, 9.17) is 111 Å². The zero-order chi connectivity index (χ0) is 68.7. The van der Waals surface area contributed by atoms with Crippen molar-refractivity contribution in [2.45, 2.75) is 246 Å². The Morgan fingerprint density at radius 1 is 0.511 bits per heavy atom. The van der Waals surface area contributed by atoms with Gasteiger partial charge in [0, 0.05) is 13.0 Å². The number of nitrogens with zero attached hydrogens (tertiary/aromatic N) is 9. The zero-order valence-electron chi connectivity index (χ0n) is 53.9.